The number of amides is 1. The molecule has 1 aromatic carbocycles. The van der Waals surface area contributed by atoms with E-state index in [1.165, 1.54) is 23.1 Å². The number of nitrogens with zero attached hydrogens (tertiary/aromatic N) is 4. The van der Waals surface area contributed by atoms with Crippen molar-refractivity contribution < 1.29 is 9.18 Å². The summed E-state index contributed by atoms with van der Waals surface area (Å²) in [5.74, 6) is -0.450. The molecule has 1 amide bonds. The molecule has 1 aliphatic rings. The summed E-state index contributed by atoms with van der Waals surface area (Å²) in [6.45, 7) is 4.21. The Balaban J connectivity index is 1.81. The van der Waals surface area contributed by atoms with Gasteiger partial charge in [0.25, 0.3) is 5.91 Å². The number of carbonyl (C=O) groups is 1. The van der Waals surface area contributed by atoms with Crippen molar-refractivity contribution in [1.29, 1.82) is 0 Å². The monoisotopic (exact) mass is 289 g/mol. The topological polar surface area (TPSA) is 63.1 Å². The molecule has 1 fully saturated rings. The van der Waals surface area contributed by atoms with E-state index in [0.29, 0.717) is 17.9 Å². The van der Waals surface area contributed by atoms with Gasteiger partial charge in [-0.2, -0.15) is 9.90 Å². The molecular formula is C14H16FN5O. The Morgan fingerprint density at radius 2 is 2.14 bits per heavy atom. The van der Waals surface area contributed by atoms with Crippen molar-refractivity contribution in [1.82, 2.24) is 25.2 Å². The molecule has 1 atom stereocenters. The van der Waals surface area contributed by atoms with Crippen molar-refractivity contribution in [3.8, 4) is 5.69 Å². The average molecular weight is 289 g/mol. The molecule has 21 heavy (non-hydrogen) atoms. The Hall–Kier alpha value is -2.28. The molecule has 1 aliphatic heterocycles. The van der Waals surface area contributed by atoms with E-state index < -0.39 is 0 Å². The highest BCUT2D eigenvalue weighted by Crippen LogP contribution is 2.10. The summed E-state index contributed by atoms with van der Waals surface area (Å²) in [5, 5.41) is 11.5. The number of aromatic nitrogens is 3. The molecular weight excluding hydrogens is 273 g/mol. The van der Waals surface area contributed by atoms with Crippen LogP contribution >= 0.6 is 0 Å². The Kier molecular flexibility index (Phi) is 3.66. The lowest BCUT2D eigenvalue weighted by Gasteiger charge is -2.33. The van der Waals surface area contributed by atoms with E-state index in [4.69, 9.17) is 0 Å². The zero-order valence-corrected chi connectivity index (χ0v) is 11.7. The number of hydrogen-bond acceptors (Lipinski definition) is 4. The number of benzene rings is 1. The Bertz CT molecular complexity index is 639. The van der Waals surface area contributed by atoms with Crippen LogP contribution in [-0.2, 0) is 0 Å². The van der Waals surface area contributed by atoms with Gasteiger partial charge in [-0.1, -0.05) is 0 Å². The fourth-order valence-electron chi connectivity index (χ4n) is 2.35. The van der Waals surface area contributed by atoms with Gasteiger partial charge < -0.3 is 10.2 Å². The van der Waals surface area contributed by atoms with Gasteiger partial charge in [-0.15, -0.1) is 5.10 Å². The Morgan fingerprint density at radius 3 is 2.86 bits per heavy atom. The molecule has 1 N–H and O–H groups in total. The highest BCUT2D eigenvalue weighted by Gasteiger charge is 2.26. The maximum atomic E-state index is 12.9. The standard InChI is InChI=1S/C14H16FN5O/c1-10-8-16-6-7-19(10)14(21)13-9-17-20(18-13)12-4-2-11(15)3-5-12/h2-5,9-10,16H,6-8H2,1H3. The maximum Gasteiger partial charge on any atom is 0.276 e. The van der Waals surface area contributed by atoms with Gasteiger partial charge in [0.1, 0.15) is 5.82 Å². The SMILES string of the molecule is CC1CNCCN1C(=O)c1cnn(-c2ccc(F)cc2)n1. The zero-order chi connectivity index (χ0) is 14.8. The first kappa shape index (κ1) is 13.7. The molecule has 0 spiro atoms. The van der Waals surface area contributed by atoms with E-state index in [9.17, 15) is 9.18 Å². The highest BCUT2D eigenvalue weighted by molar-refractivity contribution is 5.92. The number of halogens is 1. The quantitative estimate of drug-likeness (QED) is 0.890. The zero-order valence-electron chi connectivity index (χ0n) is 11.7. The summed E-state index contributed by atoms with van der Waals surface area (Å²) >= 11 is 0. The molecule has 6 nitrogen and oxygen atoms in total. The summed E-state index contributed by atoms with van der Waals surface area (Å²) in [4.78, 5) is 15.6. The fourth-order valence-corrected chi connectivity index (χ4v) is 2.35. The summed E-state index contributed by atoms with van der Waals surface area (Å²) in [6.07, 6.45) is 1.44. The van der Waals surface area contributed by atoms with Gasteiger partial charge >= 0.3 is 0 Å². The average Bonchev–Trinajstić information content (AvgIpc) is 2.98. The summed E-state index contributed by atoms with van der Waals surface area (Å²) in [5.41, 5.74) is 0.914. The van der Waals surface area contributed by atoms with Crippen LogP contribution in [0.3, 0.4) is 0 Å². The number of rotatable bonds is 2. The molecule has 7 heteroatoms. The van der Waals surface area contributed by atoms with Crippen molar-refractivity contribution >= 4 is 5.91 Å². The number of carbonyl (C=O) groups excluding carboxylic acids is 1. The van der Waals surface area contributed by atoms with E-state index in [1.54, 1.807) is 17.0 Å². The molecule has 1 saturated heterocycles. The predicted octanol–water partition coefficient (Wildman–Crippen LogP) is 0.840. The second-order valence-electron chi connectivity index (χ2n) is 5.05. The van der Waals surface area contributed by atoms with Gasteiger partial charge in [-0.3, -0.25) is 4.79 Å². The first-order chi connectivity index (χ1) is 10.1. The molecule has 2 heterocycles. The third-order valence-electron chi connectivity index (χ3n) is 3.53. The normalized spacial score (nSPS) is 18.8. The molecule has 0 radical (unpaired) electrons. The van der Waals surface area contributed by atoms with Gasteiger partial charge in [-0.25, -0.2) is 4.39 Å². The van der Waals surface area contributed by atoms with Gasteiger partial charge in [0.2, 0.25) is 0 Å². The second-order valence-corrected chi connectivity index (χ2v) is 5.05. The van der Waals surface area contributed by atoms with Crippen LogP contribution in [0.5, 0.6) is 0 Å². The smallest absolute Gasteiger partial charge is 0.276 e. The molecule has 2 aromatic rings. The van der Waals surface area contributed by atoms with Gasteiger partial charge in [-0.05, 0) is 31.2 Å². The number of nitrogens with one attached hydrogen (secondary N) is 1. The lowest BCUT2D eigenvalue weighted by molar-refractivity contribution is 0.0649. The van der Waals surface area contributed by atoms with Crippen molar-refractivity contribution in [2.45, 2.75) is 13.0 Å². The van der Waals surface area contributed by atoms with Gasteiger partial charge in [0, 0.05) is 25.7 Å². The molecule has 0 bridgehead atoms. The minimum absolute atomic E-state index is 0.127. The molecule has 1 unspecified atom stereocenters. The molecule has 0 saturated carbocycles. The maximum absolute atomic E-state index is 12.9. The van der Waals surface area contributed by atoms with Crippen molar-refractivity contribution in [2.24, 2.45) is 0 Å². The first-order valence-electron chi connectivity index (χ1n) is 6.85. The van der Waals surface area contributed by atoms with E-state index in [1.807, 2.05) is 6.92 Å². The summed E-state index contributed by atoms with van der Waals surface area (Å²) in [7, 11) is 0. The van der Waals surface area contributed by atoms with E-state index in [0.717, 1.165) is 13.1 Å². The highest BCUT2D eigenvalue weighted by atomic mass is 19.1. The van der Waals surface area contributed by atoms with E-state index >= 15 is 0 Å². The van der Waals surface area contributed by atoms with E-state index in [2.05, 4.69) is 15.5 Å². The van der Waals surface area contributed by atoms with Crippen molar-refractivity contribution in [3.05, 3.63) is 42.0 Å². The van der Waals surface area contributed by atoms with Crippen molar-refractivity contribution in [3.63, 3.8) is 0 Å². The molecule has 3 rings (SSSR count). The first-order valence-corrected chi connectivity index (χ1v) is 6.85. The van der Waals surface area contributed by atoms with Crippen LogP contribution in [0.15, 0.2) is 30.5 Å². The van der Waals surface area contributed by atoms with Crippen LogP contribution in [0.2, 0.25) is 0 Å². The fraction of sp³-hybridized carbons (Fsp3) is 0.357. The summed E-state index contributed by atoms with van der Waals surface area (Å²) in [6, 6.07) is 5.92. The minimum Gasteiger partial charge on any atom is -0.332 e. The molecule has 0 aliphatic carbocycles. The summed E-state index contributed by atoms with van der Waals surface area (Å²) < 4.78 is 12.9. The Labute approximate surface area is 121 Å². The third-order valence-corrected chi connectivity index (χ3v) is 3.53. The minimum atomic E-state index is -0.322. The lowest BCUT2D eigenvalue weighted by atomic mass is 10.2. The Morgan fingerprint density at radius 1 is 1.38 bits per heavy atom. The lowest BCUT2D eigenvalue weighted by Crippen LogP contribution is -2.52. The van der Waals surface area contributed by atoms with Gasteiger partial charge in [0.15, 0.2) is 5.69 Å². The van der Waals surface area contributed by atoms with E-state index in [-0.39, 0.29) is 17.8 Å². The van der Waals surface area contributed by atoms with Crippen LogP contribution in [0, 0.1) is 5.82 Å². The van der Waals surface area contributed by atoms with Crippen LogP contribution in [0.1, 0.15) is 17.4 Å². The number of hydrogen-bond donors (Lipinski definition) is 1. The van der Waals surface area contributed by atoms with Crippen LogP contribution in [0.25, 0.3) is 5.69 Å². The van der Waals surface area contributed by atoms with Crippen LogP contribution < -0.4 is 5.32 Å². The third kappa shape index (κ3) is 2.78. The largest absolute Gasteiger partial charge is 0.332 e. The van der Waals surface area contributed by atoms with Gasteiger partial charge in [0.05, 0.1) is 11.9 Å². The van der Waals surface area contributed by atoms with Crippen LogP contribution in [0.4, 0.5) is 4.39 Å². The number of piperazine rings is 1. The second kappa shape index (κ2) is 5.61. The molecule has 1 aromatic heterocycles. The predicted molar refractivity (Wildman–Crippen MR) is 74.7 cm³/mol. The van der Waals surface area contributed by atoms with Crippen molar-refractivity contribution in [2.75, 3.05) is 19.6 Å². The van der Waals surface area contributed by atoms with Crippen LogP contribution in [-0.4, -0.2) is 51.5 Å². The molecule has 110 valence electrons.